The van der Waals surface area contributed by atoms with Crippen molar-refractivity contribution in [3.05, 3.63) is 11.9 Å². The molecule has 116 valence electrons. The van der Waals surface area contributed by atoms with E-state index in [2.05, 4.69) is 9.97 Å². The lowest BCUT2D eigenvalue weighted by Crippen LogP contribution is -2.31. The van der Waals surface area contributed by atoms with Crippen LogP contribution in [-0.2, 0) is 4.79 Å². The Labute approximate surface area is 117 Å². The van der Waals surface area contributed by atoms with E-state index in [0.717, 1.165) is 6.20 Å². The number of nitrogens with one attached hydrogen (secondary N) is 1. The number of hydrogen-bond acceptors (Lipinski definition) is 5. The van der Waals surface area contributed by atoms with Gasteiger partial charge in [-0.2, -0.15) is 13.2 Å². The molecule has 2 N–H and O–H groups in total. The standard InChI is InChI=1S/C11H12F3N3O4/c1-10(2,3)21-7-6(8(18)19)16-5(4-15-7)17-9(20)11(12,13)14/h4H,1-3H3,(H,18,19)(H,16,17,20). The van der Waals surface area contributed by atoms with Crippen LogP contribution in [0.1, 0.15) is 31.3 Å². The van der Waals surface area contributed by atoms with Gasteiger partial charge in [0.05, 0.1) is 6.20 Å². The molecule has 0 aliphatic heterocycles. The maximum Gasteiger partial charge on any atom is 0.471 e. The number of alkyl halides is 3. The molecule has 0 fully saturated rings. The highest BCUT2D eigenvalue weighted by Crippen LogP contribution is 2.22. The topological polar surface area (TPSA) is 101 Å². The SMILES string of the molecule is CC(C)(C)Oc1ncc(NC(=O)C(F)(F)F)nc1C(=O)O. The van der Waals surface area contributed by atoms with E-state index < -0.39 is 35.2 Å². The molecule has 0 spiro atoms. The van der Waals surface area contributed by atoms with Crippen molar-refractivity contribution in [3.8, 4) is 5.88 Å². The molecule has 0 unspecified atom stereocenters. The number of ether oxygens (including phenoxy) is 1. The fraction of sp³-hybridized carbons (Fsp3) is 0.455. The van der Waals surface area contributed by atoms with Crippen LogP contribution < -0.4 is 10.1 Å². The molecule has 1 aromatic heterocycles. The number of amides is 1. The van der Waals surface area contributed by atoms with Gasteiger partial charge in [-0.1, -0.05) is 0 Å². The average molecular weight is 307 g/mol. The Morgan fingerprint density at radius 3 is 2.29 bits per heavy atom. The summed E-state index contributed by atoms with van der Waals surface area (Å²) in [4.78, 5) is 28.7. The van der Waals surface area contributed by atoms with Gasteiger partial charge in [-0.3, -0.25) is 4.79 Å². The van der Waals surface area contributed by atoms with E-state index in [4.69, 9.17) is 9.84 Å². The van der Waals surface area contributed by atoms with Gasteiger partial charge in [0.25, 0.3) is 0 Å². The zero-order chi connectivity index (χ0) is 16.4. The third kappa shape index (κ3) is 4.89. The van der Waals surface area contributed by atoms with E-state index in [0.29, 0.717) is 0 Å². The maximum atomic E-state index is 12.1. The van der Waals surface area contributed by atoms with Gasteiger partial charge in [0.2, 0.25) is 11.6 Å². The molecule has 0 aliphatic rings. The van der Waals surface area contributed by atoms with Crippen LogP contribution in [0, 0.1) is 0 Å². The summed E-state index contributed by atoms with van der Waals surface area (Å²) in [6, 6.07) is 0. The van der Waals surface area contributed by atoms with E-state index >= 15 is 0 Å². The fourth-order valence-electron chi connectivity index (χ4n) is 1.13. The summed E-state index contributed by atoms with van der Waals surface area (Å²) in [5.41, 5.74) is -1.49. The van der Waals surface area contributed by atoms with Crippen molar-refractivity contribution >= 4 is 17.7 Å². The van der Waals surface area contributed by atoms with E-state index in [9.17, 15) is 22.8 Å². The summed E-state index contributed by atoms with van der Waals surface area (Å²) in [6.45, 7) is 4.87. The Balaban J connectivity index is 3.10. The number of aromatic carboxylic acids is 1. The maximum absolute atomic E-state index is 12.1. The average Bonchev–Trinajstić information content (AvgIpc) is 2.27. The predicted octanol–water partition coefficient (Wildman–Crippen LogP) is 1.85. The second kappa shape index (κ2) is 5.54. The van der Waals surface area contributed by atoms with E-state index in [1.165, 1.54) is 5.32 Å². The first-order valence-electron chi connectivity index (χ1n) is 5.57. The van der Waals surface area contributed by atoms with Gasteiger partial charge in [-0.25, -0.2) is 14.8 Å². The van der Waals surface area contributed by atoms with Gasteiger partial charge in [-0.05, 0) is 20.8 Å². The molecule has 1 rings (SSSR count). The molecule has 0 saturated heterocycles. The van der Waals surface area contributed by atoms with Crippen molar-refractivity contribution in [2.75, 3.05) is 5.32 Å². The highest BCUT2D eigenvalue weighted by molar-refractivity contribution is 5.95. The Kier molecular flexibility index (Phi) is 4.40. The van der Waals surface area contributed by atoms with E-state index in [1.54, 1.807) is 20.8 Å². The largest absolute Gasteiger partial charge is 0.476 e. The molecule has 0 saturated carbocycles. The molecule has 0 atom stereocenters. The van der Waals surface area contributed by atoms with Crippen LogP contribution in [0.2, 0.25) is 0 Å². The summed E-state index contributed by atoms with van der Waals surface area (Å²) >= 11 is 0. The number of carboxylic acid groups (broad SMARTS) is 1. The van der Waals surface area contributed by atoms with Crippen molar-refractivity contribution in [2.24, 2.45) is 0 Å². The molecule has 0 bridgehead atoms. The first kappa shape index (κ1) is 16.7. The molecule has 10 heteroatoms. The number of hydrogen-bond donors (Lipinski definition) is 2. The summed E-state index contributed by atoms with van der Waals surface area (Å²) in [5, 5.41) is 10.4. The van der Waals surface area contributed by atoms with Gasteiger partial charge in [0.15, 0.2) is 5.82 Å². The van der Waals surface area contributed by atoms with Crippen LogP contribution in [0.15, 0.2) is 6.20 Å². The number of aromatic nitrogens is 2. The molecule has 0 radical (unpaired) electrons. The van der Waals surface area contributed by atoms with Crippen LogP contribution in [-0.4, -0.2) is 38.7 Å². The molecule has 7 nitrogen and oxygen atoms in total. The van der Waals surface area contributed by atoms with Gasteiger partial charge in [0.1, 0.15) is 5.60 Å². The number of halogens is 3. The molecule has 1 amide bonds. The minimum atomic E-state index is -5.12. The lowest BCUT2D eigenvalue weighted by Gasteiger charge is -2.21. The molecule has 21 heavy (non-hydrogen) atoms. The van der Waals surface area contributed by atoms with E-state index in [1.807, 2.05) is 0 Å². The smallest absolute Gasteiger partial charge is 0.471 e. The summed E-state index contributed by atoms with van der Waals surface area (Å²) in [7, 11) is 0. The highest BCUT2D eigenvalue weighted by atomic mass is 19.4. The van der Waals surface area contributed by atoms with Gasteiger partial charge in [0, 0.05) is 0 Å². The first-order chi connectivity index (χ1) is 9.40. The number of carbonyl (C=O) groups is 2. The number of carbonyl (C=O) groups excluding carboxylic acids is 1. The monoisotopic (exact) mass is 307 g/mol. The van der Waals surface area contributed by atoms with Gasteiger partial charge >= 0.3 is 18.1 Å². The minimum Gasteiger partial charge on any atom is -0.476 e. The van der Waals surface area contributed by atoms with Crippen LogP contribution in [0.3, 0.4) is 0 Å². The zero-order valence-electron chi connectivity index (χ0n) is 11.3. The van der Waals surface area contributed by atoms with Crippen LogP contribution in [0.5, 0.6) is 5.88 Å². The van der Waals surface area contributed by atoms with Crippen LogP contribution >= 0.6 is 0 Å². The third-order valence-corrected chi connectivity index (χ3v) is 1.84. The highest BCUT2D eigenvalue weighted by Gasteiger charge is 2.39. The normalized spacial score (nSPS) is 11.9. The van der Waals surface area contributed by atoms with Gasteiger partial charge in [-0.15, -0.1) is 0 Å². The third-order valence-electron chi connectivity index (χ3n) is 1.84. The van der Waals surface area contributed by atoms with Crippen molar-refractivity contribution < 1.29 is 32.6 Å². The summed E-state index contributed by atoms with van der Waals surface area (Å²) in [6.07, 6.45) is -4.34. The summed E-state index contributed by atoms with van der Waals surface area (Å²) in [5.74, 6) is -4.83. The zero-order valence-corrected chi connectivity index (χ0v) is 11.3. The Morgan fingerprint density at radius 1 is 1.29 bits per heavy atom. The lowest BCUT2D eigenvalue weighted by atomic mass is 10.2. The molecule has 0 aliphatic carbocycles. The van der Waals surface area contributed by atoms with Crippen LogP contribution in [0.4, 0.5) is 19.0 Å². The molecular formula is C11H12F3N3O4. The number of carboxylic acids is 1. The number of anilines is 1. The van der Waals surface area contributed by atoms with Crippen molar-refractivity contribution in [1.82, 2.24) is 9.97 Å². The Hall–Kier alpha value is -2.39. The molecule has 1 aromatic rings. The first-order valence-corrected chi connectivity index (χ1v) is 5.57. The van der Waals surface area contributed by atoms with Crippen molar-refractivity contribution in [1.29, 1.82) is 0 Å². The number of rotatable bonds is 3. The second-order valence-electron chi connectivity index (χ2n) is 4.88. The molecule has 1 heterocycles. The molecular weight excluding hydrogens is 295 g/mol. The number of nitrogens with zero attached hydrogens (tertiary/aromatic N) is 2. The van der Waals surface area contributed by atoms with E-state index in [-0.39, 0.29) is 5.88 Å². The summed E-state index contributed by atoms with van der Waals surface area (Å²) < 4.78 is 41.5. The van der Waals surface area contributed by atoms with Crippen molar-refractivity contribution in [3.63, 3.8) is 0 Å². The van der Waals surface area contributed by atoms with Gasteiger partial charge < -0.3 is 15.2 Å². The Morgan fingerprint density at radius 2 is 1.86 bits per heavy atom. The fourth-order valence-corrected chi connectivity index (χ4v) is 1.13. The Bertz CT molecular complexity index is 567. The predicted molar refractivity (Wildman–Crippen MR) is 64.1 cm³/mol. The molecule has 0 aromatic carbocycles. The lowest BCUT2D eigenvalue weighted by molar-refractivity contribution is -0.167. The van der Waals surface area contributed by atoms with Crippen LogP contribution in [0.25, 0.3) is 0 Å². The minimum absolute atomic E-state index is 0.361. The second-order valence-corrected chi connectivity index (χ2v) is 4.88. The van der Waals surface area contributed by atoms with Crippen molar-refractivity contribution in [2.45, 2.75) is 32.5 Å². The quantitative estimate of drug-likeness (QED) is 0.883.